The zero-order valence-corrected chi connectivity index (χ0v) is 20.9. The number of fused-ring (bicyclic) bond motifs is 3. The van der Waals surface area contributed by atoms with Crippen LogP contribution in [-0.2, 0) is 12.4 Å². The number of pyridine rings is 1. The highest BCUT2D eigenvalue weighted by Crippen LogP contribution is 2.43. The molecule has 6 aromatic rings. The van der Waals surface area contributed by atoms with Crippen LogP contribution in [0.2, 0.25) is 0 Å². The maximum absolute atomic E-state index is 13.9. The van der Waals surface area contributed by atoms with Crippen molar-refractivity contribution in [2.24, 2.45) is 0 Å². The van der Waals surface area contributed by atoms with Crippen LogP contribution in [0.4, 0.5) is 26.3 Å². The monoisotopic (exact) mass is 557 g/mol. The normalized spacial score (nSPS) is 12.1. The van der Waals surface area contributed by atoms with E-state index < -0.39 is 23.5 Å². The van der Waals surface area contributed by atoms with E-state index in [1.807, 2.05) is 28.8 Å². The minimum Gasteiger partial charge on any atom is -0.309 e. The zero-order valence-electron chi connectivity index (χ0n) is 20.9. The van der Waals surface area contributed by atoms with Gasteiger partial charge in [0, 0.05) is 34.4 Å². The van der Waals surface area contributed by atoms with Crippen LogP contribution in [0, 0.1) is 11.3 Å². The van der Waals surface area contributed by atoms with Crippen LogP contribution in [0.3, 0.4) is 0 Å². The molecule has 0 amide bonds. The fraction of sp³-hybridized carbons (Fsp3) is 0.0625. The molecule has 2 aromatic heterocycles. The number of nitrogens with zero attached hydrogens (tertiary/aromatic N) is 3. The molecule has 41 heavy (non-hydrogen) atoms. The number of alkyl halides is 6. The third-order valence-corrected chi connectivity index (χ3v) is 7.01. The minimum absolute atomic E-state index is 0.138. The molecule has 6 rings (SSSR count). The molecule has 2 heterocycles. The summed E-state index contributed by atoms with van der Waals surface area (Å²) in [5.41, 5.74) is 1.19. The van der Waals surface area contributed by atoms with Crippen LogP contribution < -0.4 is 0 Å². The van der Waals surface area contributed by atoms with E-state index in [1.54, 1.807) is 54.9 Å². The summed E-state index contributed by atoms with van der Waals surface area (Å²) >= 11 is 0. The number of aromatic nitrogens is 2. The van der Waals surface area contributed by atoms with Crippen molar-refractivity contribution in [1.29, 1.82) is 5.26 Å². The van der Waals surface area contributed by atoms with E-state index in [4.69, 9.17) is 0 Å². The van der Waals surface area contributed by atoms with Crippen LogP contribution in [0.5, 0.6) is 0 Å². The van der Waals surface area contributed by atoms with Gasteiger partial charge in [0.2, 0.25) is 0 Å². The maximum atomic E-state index is 13.9. The quantitative estimate of drug-likeness (QED) is 0.204. The molecule has 9 heteroatoms. The molecule has 4 aromatic carbocycles. The first-order valence-corrected chi connectivity index (χ1v) is 12.3. The summed E-state index contributed by atoms with van der Waals surface area (Å²) < 4.78 is 83.4. The summed E-state index contributed by atoms with van der Waals surface area (Å²) in [6, 6.07) is 24.9. The Hall–Kier alpha value is -5.10. The fourth-order valence-corrected chi connectivity index (χ4v) is 5.16. The van der Waals surface area contributed by atoms with Crippen molar-refractivity contribution in [3.63, 3.8) is 0 Å². The number of benzene rings is 4. The second-order valence-corrected chi connectivity index (χ2v) is 9.42. The van der Waals surface area contributed by atoms with Gasteiger partial charge in [0.05, 0.1) is 33.8 Å². The molecule has 3 nitrogen and oxygen atoms in total. The van der Waals surface area contributed by atoms with Gasteiger partial charge in [0.1, 0.15) is 0 Å². The van der Waals surface area contributed by atoms with E-state index >= 15 is 0 Å². The van der Waals surface area contributed by atoms with Gasteiger partial charge in [-0.25, -0.2) is 0 Å². The largest absolute Gasteiger partial charge is 0.417 e. The highest BCUT2D eigenvalue weighted by atomic mass is 19.4. The summed E-state index contributed by atoms with van der Waals surface area (Å²) in [5, 5.41) is 11.1. The topological polar surface area (TPSA) is 41.6 Å². The first-order valence-electron chi connectivity index (χ1n) is 12.3. The highest BCUT2D eigenvalue weighted by molar-refractivity contribution is 6.10. The van der Waals surface area contributed by atoms with Gasteiger partial charge in [-0.2, -0.15) is 31.6 Å². The van der Waals surface area contributed by atoms with E-state index in [-0.39, 0.29) is 17.2 Å². The molecule has 0 bridgehead atoms. The van der Waals surface area contributed by atoms with Crippen molar-refractivity contribution in [3.05, 3.63) is 120 Å². The van der Waals surface area contributed by atoms with Crippen LogP contribution in [0.1, 0.15) is 16.7 Å². The van der Waals surface area contributed by atoms with Crippen molar-refractivity contribution in [2.75, 3.05) is 0 Å². The number of nitriles is 1. The fourth-order valence-electron chi connectivity index (χ4n) is 5.16. The van der Waals surface area contributed by atoms with Gasteiger partial charge < -0.3 is 4.57 Å². The van der Waals surface area contributed by atoms with E-state index in [9.17, 15) is 31.6 Å². The summed E-state index contributed by atoms with van der Waals surface area (Å²) in [7, 11) is 0. The van der Waals surface area contributed by atoms with Crippen molar-refractivity contribution in [2.45, 2.75) is 12.4 Å². The lowest BCUT2D eigenvalue weighted by Gasteiger charge is -2.16. The Balaban J connectivity index is 1.59. The molecule has 0 unspecified atom stereocenters. The third-order valence-electron chi connectivity index (χ3n) is 7.01. The molecule has 0 aliphatic carbocycles. The lowest BCUT2D eigenvalue weighted by Crippen LogP contribution is -2.12. The Morgan fingerprint density at radius 2 is 1.37 bits per heavy atom. The van der Waals surface area contributed by atoms with Gasteiger partial charge in [0.15, 0.2) is 0 Å². The Bertz CT molecular complexity index is 1980. The van der Waals surface area contributed by atoms with Gasteiger partial charge in [-0.15, -0.1) is 0 Å². The van der Waals surface area contributed by atoms with Crippen LogP contribution in [0.25, 0.3) is 49.7 Å². The Labute approximate surface area is 229 Å². The van der Waals surface area contributed by atoms with Crippen LogP contribution >= 0.6 is 0 Å². The molecule has 0 aliphatic heterocycles. The first kappa shape index (κ1) is 26.1. The van der Waals surface area contributed by atoms with Crippen molar-refractivity contribution < 1.29 is 26.3 Å². The first-order chi connectivity index (χ1) is 19.6. The SMILES string of the molecule is N#Cc1ccc(-n2c3ccccc3c3cc(-c4ccc(C(F)(F)F)cc4C(F)(F)F)ccc32)cc1-c1ccncc1. The van der Waals surface area contributed by atoms with E-state index in [0.29, 0.717) is 28.1 Å². The zero-order chi connectivity index (χ0) is 28.9. The summed E-state index contributed by atoms with van der Waals surface area (Å²) in [5.74, 6) is 0. The number of hydrogen-bond donors (Lipinski definition) is 0. The van der Waals surface area contributed by atoms with Gasteiger partial charge in [-0.3, -0.25) is 4.98 Å². The van der Waals surface area contributed by atoms with Crippen molar-refractivity contribution >= 4 is 21.8 Å². The molecular weight excluding hydrogens is 540 g/mol. The predicted molar refractivity (Wildman–Crippen MR) is 144 cm³/mol. The average Bonchev–Trinajstić information content (AvgIpc) is 3.30. The molecule has 0 N–H and O–H groups in total. The molecular formula is C32H17F6N3. The molecule has 0 radical (unpaired) electrons. The van der Waals surface area contributed by atoms with Gasteiger partial charge in [-0.1, -0.05) is 30.3 Å². The predicted octanol–water partition coefficient (Wildman–Crippen LogP) is 9.42. The molecule has 0 spiro atoms. The van der Waals surface area contributed by atoms with Gasteiger partial charge in [0.25, 0.3) is 0 Å². The smallest absolute Gasteiger partial charge is 0.309 e. The van der Waals surface area contributed by atoms with Crippen molar-refractivity contribution in [3.8, 4) is 34.0 Å². The number of halogens is 6. The number of hydrogen-bond acceptors (Lipinski definition) is 2. The van der Waals surface area contributed by atoms with E-state index in [1.165, 1.54) is 6.07 Å². The molecule has 202 valence electrons. The lowest BCUT2D eigenvalue weighted by molar-refractivity contribution is -0.142. The average molecular weight is 557 g/mol. The number of para-hydroxylation sites is 1. The molecule has 0 fully saturated rings. The van der Waals surface area contributed by atoms with Gasteiger partial charge in [-0.05, 0) is 77.4 Å². The second-order valence-electron chi connectivity index (χ2n) is 9.42. The molecule has 0 saturated carbocycles. The highest BCUT2D eigenvalue weighted by Gasteiger charge is 2.38. The minimum atomic E-state index is -4.99. The van der Waals surface area contributed by atoms with E-state index in [2.05, 4.69) is 11.1 Å². The van der Waals surface area contributed by atoms with Crippen molar-refractivity contribution in [1.82, 2.24) is 9.55 Å². The van der Waals surface area contributed by atoms with Gasteiger partial charge >= 0.3 is 12.4 Å². The summed E-state index contributed by atoms with van der Waals surface area (Å²) in [4.78, 5) is 4.04. The Kier molecular flexibility index (Phi) is 6.07. The second kappa shape index (κ2) is 9.52. The van der Waals surface area contributed by atoms with E-state index in [0.717, 1.165) is 28.2 Å². The number of rotatable bonds is 3. The molecule has 0 saturated heterocycles. The molecule has 0 aliphatic rings. The summed E-state index contributed by atoms with van der Waals surface area (Å²) in [6.45, 7) is 0. The maximum Gasteiger partial charge on any atom is 0.417 e. The van der Waals surface area contributed by atoms with Crippen LogP contribution in [-0.4, -0.2) is 9.55 Å². The summed E-state index contributed by atoms with van der Waals surface area (Å²) in [6.07, 6.45) is -6.65. The standard InChI is InChI=1S/C32H17F6N3/c33-31(34,35)22-7-9-24(28(16-22)32(36,37)38)20-6-10-30-27(15-20)25-3-1-2-4-29(25)41(30)23-8-5-21(18-39)26(17-23)19-11-13-40-14-12-19/h1-17H. The third kappa shape index (κ3) is 4.57. The Morgan fingerprint density at radius 3 is 2.07 bits per heavy atom. The Morgan fingerprint density at radius 1 is 0.634 bits per heavy atom. The van der Waals surface area contributed by atoms with Crippen LogP contribution in [0.15, 0.2) is 103 Å². The molecule has 0 atom stereocenters. The lowest BCUT2D eigenvalue weighted by atomic mass is 9.95.